The molecule has 0 spiro atoms. The fourth-order valence-corrected chi connectivity index (χ4v) is 4.45. The van der Waals surface area contributed by atoms with Gasteiger partial charge in [0, 0.05) is 12.3 Å². The number of aliphatic imine (C=N–C) groups is 1. The second-order valence-corrected chi connectivity index (χ2v) is 8.67. The standard InChI is InChI=1S/C24H32N4O4S/c1-3-27(4-2)14-15-32-23(31)17-10-12-18(13-11-17)25-16-20-21(29)26-24(33)28(22(20)30)19-8-6-5-7-9-19/h10-13,16,19,30H,3-9,14-15H2,1-2H3,(H,26,29,33). The van der Waals surface area contributed by atoms with Gasteiger partial charge in [0.15, 0.2) is 4.77 Å². The zero-order chi connectivity index (χ0) is 23.8. The van der Waals surface area contributed by atoms with Crippen molar-refractivity contribution in [2.45, 2.75) is 52.0 Å². The predicted octanol–water partition coefficient (Wildman–Crippen LogP) is 2.32. The van der Waals surface area contributed by atoms with Crippen molar-refractivity contribution in [3.63, 3.8) is 0 Å². The topological polar surface area (TPSA) is 104 Å². The summed E-state index contributed by atoms with van der Waals surface area (Å²) in [5.74, 6) is -0.792. The quantitative estimate of drug-likeness (QED) is 0.331. The molecule has 0 amide bonds. The third kappa shape index (κ3) is 6.39. The minimum atomic E-state index is -0.545. The molecular weight excluding hydrogens is 440 g/mol. The molecule has 2 aromatic rings. The number of hydrogen-bond acceptors (Lipinski definition) is 6. The molecule has 2 N–H and O–H groups in total. The van der Waals surface area contributed by atoms with Crippen molar-refractivity contribution in [1.82, 2.24) is 9.55 Å². The van der Waals surface area contributed by atoms with Crippen LogP contribution in [-0.2, 0) is 4.74 Å². The Labute approximate surface area is 198 Å². The maximum atomic E-state index is 13.0. The van der Waals surface area contributed by atoms with E-state index in [0.29, 0.717) is 17.9 Å². The smallest absolute Gasteiger partial charge is 0.338 e. The van der Waals surface area contributed by atoms with Crippen molar-refractivity contribution in [3.8, 4) is 5.88 Å². The van der Waals surface area contributed by atoms with Gasteiger partial charge in [0.25, 0.3) is 5.56 Å². The van der Waals surface area contributed by atoms with Crippen LogP contribution in [-0.4, -0.2) is 48.0 Å². The number of aromatic amines is 1. The molecule has 0 bridgehead atoms. The SMILES string of the molecule is CC[NH+](CC)CCOC(=O)c1ccc(N=Cc2c([O-])n(C3CCCCC3)c(=S)[nH]c2=O)cc1. The molecule has 9 heteroatoms. The molecule has 0 radical (unpaired) electrons. The van der Waals surface area contributed by atoms with Gasteiger partial charge >= 0.3 is 5.97 Å². The van der Waals surface area contributed by atoms with E-state index in [1.807, 2.05) is 0 Å². The van der Waals surface area contributed by atoms with Crippen LogP contribution in [0.1, 0.15) is 67.9 Å². The highest BCUT2D eigenvalue weighted by atomic mass is 32.1. The number of nitrogens with one attached hydrogen (secondary N) is 2. The lowest BCUT2D eigenvalue weighted by Gasteiger charge is -2.30. The van der Waals surface area contributed by atoms with Gasteiger partial charge in [-0.2, -0.15) is 0 Å². The van der Waals surface area contributed by atoms with Crippen LogP contribution in [0, 0.1) is 4.77 Å². The number of likely N-dealkylation sites (N-methyl/N-ethyl adjacent to an activating group) is 1. The van der Waals surface area contributed by atoms with Gasteiger partial charge in [-0.05, 0) is 69.1 Å². The number of esters is 1. The van der Waals surface area contributed by atoms with Crippen LogP contribution in [0.4, 0.5) is 5.69 Å². The van der Waals surface area contributed by atoms with Crippen molar-refractivity contribution >= 4 is 30.1 Å². The molecule has 8 nitrogen and oxygen atoms in total. The molecule has 178 valence electrons. The van der Waals surface area contributed by atoms with Crippen LogP contribution in [0.2, 0.25) is 0 Å². The Kier molecular flexibility index (Phi) is 8.96. The van der Waals surface area contributed by atoms with Crippen LogP contribution in [0.5, 0.6) is 5.88 Å². The van der Waals surface area contributed by atoms with Crippen molar-refractivity contribution in [2.75, 3.05) is 26.2 Å². The summed E-state index contributed by atoms with van der Waals surface area (Å²) in [7, 11) is 0. The molecule has 1 aromatic heterocycles. The maximum absolute atomic E-state index is 13.0. The minimum Gasteiger partial charge on any atom is -0.859 e. The fraction of sp³-hybridized carbons (Fsp3) is 0.500. The average molecular weight is 473 g/mol. The van der Waals surface area contributed by atoms with Gasteiger partial charge in [-0.15, -0.1) is 0 Å². The predicted molar refractivity (Wildman–Crippen MR) is 128 cm³/mol. The number of ether oxygens (including phenoxy) is 1. The molecule has 1 aliphatic carbocycles. The third-order valence-corrected chi connectivity index (χ3v) is 6.51. The lowest BCUT2D eigenvalue weighted by atomic mass is 9.95. The van der Waals surface area contributed by atoms with Crippen molar-refractivity contribution in [1.29, 1.82) is 0 Å². The molecule has 0 saturated heterocycles. The summed E-state index contributed by atoms with van der Waals surface area (Å²) in [5, 5.41) is 13.0. The van der Waals surface area contributed by atoms with E-state index >= 15 is 0 Å². The average Bonchev–Trinajstić information content (AvgIpc) is 2.82. The largest absolute Gasteiger partial charge is 0.859 e. The van der Waals surface area contributed by atoms with E-state index in [2.05, 4.69) is 23.8 Å². The Morgan fingerprint density at radius 3 is 2.55 bits per heavy atom. The van der Waals surface area contributed by atoms with Crippen LogP contribution < -0.4 is 15.6 Å². The van der Waals surface area contributed by atoms with Gasteiger partial charge in [-0.1, -0.05) is 19.3 Å². The lowest BCUT2D eigenvalue weighted by molar-refractivity contribution is -0.896. The summed E-state index contributed by atoms with van der Waals surface area (Å²) >= 11 is 5.26. The molecule has 1 saturated carbocycles. The van der Waals surface area contributed by atoms with E-state index in [9.17, 15) is 14.7 Å². The van der Waals surface area contributed by atoms with Gasteiger partial charge in [-0.25, -0.2) is 4.79 Å². The summed E-state index contributed by atoms with van der Waals surface area (Å²) in [5.41, 5.74) is 0.356. The molecule has 1 aromatic carbocycles. The van der Waals surface area contributed by atoms with E-state index in [-0.39, 0.29) is 22.3 Å². The number of carbonyl (C=O) groups excluding carboxylic acids is 1. The zero-order valence-electron chi connectivity index (χ0n) is 19.3. The molecule has 1 fully saturated rings. The first-order chi connectivity index (χ1) is 15.9. The summed E-state index contributed by atoms with van der Waals surface area (Å²) in [6.45, 7) is 7.33. The molecule has 0 unspecified atom stereocenters. The van der Waals surface area contributed by atoms with Gasteiger partial charge in [0.2, 0.25) is 0 Å². The number of H-pyrrole nitrogens is 1. The number of carbonyl (C=O) groups is 1. The minimum absolute atomic E-state index is 0.0105. The molecular formula is C24H32N4O4S. The first kappa shape index (κ1) is 24.9. The van der Waals surface area contributed by atoms with E-state index in [0.717, 1.165) is 51.7 Å². The molecule has 1 aliphatic rings. The zero-order valence-corrected chi connectivity index (χ0v) is 20.1. The van der Waals surface area contributed by atoms with Crippen LogP contribution in [0.25, 0.3) is 0 Å². The number of benzene rings is 1. The second kappa shape index (κ2) is 11.9. The highest BCUT2D eigenvalue weighted by Gasteiger charge is 2.17. The molecule has 0 atom stereocenters. The van der Waals surface area contributed by atoms with Crippen LogP contribution in [0.15, 0.2) is 34.1 Å². The van der Waals surface area contributed by atoms with Gasteiger partial charge in [0.05, 0.1) is 29.9 Å². The Morgan fingerprint density at radius 1 is 1.24 bits per heavy atom. The first-order valence-electron chi connectivity index (χ1n) is 11.6. The van der Waals surface area contributed by atoms with Crippen LogP contribution in [0.3, 0.4) is 0 Å². The van der Waals surface area contributed by atoms with Gasteiger partial charge in [-0.3, -0.25) is 14.8 Å². The number of quaternary nitrogens is 1. The van der Waals surface area contributed by atoms with E-state index in [1.54, 1.807) is 24.3 Å². The normalized spacial score (nSPS) is 14.8. The molecule has 3 rings (SSSR count). The van der Waals surface area contributed by atoms with E-state index < -0.39 is 11.4 Å². The Hall–Kier alpha value is -2.78. The fourth-order valence-electron chi connectivity index (χ4n) is 4.13. The van der Waals surface area contributed by atoms with Gasteiger partial charge < -0.3 is 19.3 Å². The Morgan fingerprint density at radius 2 is 1.91 bits per heavy atom. The Bertz CT molecular complexity index is 1080. The summed E-state index contributed by atoms with van der Waals surface area (Å²) in [6.07, 6.45) is 6.26. The molecule has 33 heavy (non-hydrogen) atoms. The summed E-state index contributed by atoms with van der Waals surface area (Å²) < 4.78 is 7.04. The highest BCUT2D eigenvalue weighted by molar-refractivity contribution is 7.71. The Balaban J connectivity index is 1.70. The summed E-state index contributed by atoms with van der Waals surface area (Å²) in [4.78, 5) is 32.8. The highest BCUT2D eigenvalue weighted by Crippen LogP contribution is 2.30. The summed E-state index contributed by atoms with van der Waals surface area (Å²) in [6, 6.07) is 6.55. The van der Waals surface area contributed by atoms with Crippen molar-refractivity contribution < 1.29 is 19.5 Å². The van der Waals surface area contributed by atoms with Crippen molar-refractivity contribution in [2.24, 2.45) is 4.99 Å². The monoisotopic (exact) mass is 472 g/mol. The maximum Gasteiger partial charge on any atom is 0.338 e. The number of nitrogens with zero attached hydrogens (tertiary/aromatic N) is 2. The third-order valence-electron chi connectivity index (χ3n) is 6.21. The van der Waals surface area contributed by atoms with Gasteiger partial charge in [0.1, 0.15) is 13.2 Å². The second-order valence-electron chi connectivity index (χ2n) is 8.29. The lowest BCUT2D eigenvalue weighted by Crippen LogP contribution is -3.11. The van der Waals surface area contributed by atoms with Crippen LogP contribution >= 0.6 is 12.2 Å². The number of hydrogen-bond donors (Lipinski definition) is 2. The number of rotatable bonds is 9. The molecule has 1 heterocycles. The number of aromatic nitrogens is 2. The van der Waals surface area contributed by atoms with E-state index in [4.69, 9.17) is 17.0 Å². The van der Waals surface area contributed by atoms with Crippen molar-refractivity contribution in [3.05, 3.63) is 50.5 Å². The first-order valence-corrected chi connectivity index (χ1v) is 12.1. The van der Waals surface area contributed by atoms with E-state index in [1.165, 1.54) is 15.7 Å². The molecule has 0 aliphatic heterocycles.